The van der Waals surface area contributed by atoms with Gasteiger partial charge in [-0.05, 0) is 34.6 Å². The molecular formula is C23H26N2O5. The van der Waals surface area contributed by atoms with Gasteiger partial charge < -0.3 is 14.0 Å². The predicted octanol–water partition coefficient (Wildman–Crippen LogP) is 4.22. The van der Waals surface area contributed by atoms with E-state index in [2.05, 4.69) is 10.1 Å². The predicted molar refractivity (Wildman–Crippen MR) is 112 cm³/mol. The number of ether oxygens (including phenoxy) is 2. The molecular weight excluding hydrogens is 384 g/mol. The van der Waals surface area contributed by atoms with E-state index in [0.717, 1.165) is 5.56 Å². The van der Waals surface area contributed by atoms with Crippen LogP contribution in [0.5, 0.6) is 0 Å². The van der Waals surface area contributed by atoms with Crippen molar-refractivity contribution in [2.45, 2.75) is 40.5 Å². The number of hydrogen-bond donors (Lipinski definition) is 0. The largest absolute Gasteiger partial charge is 0.465 e. The Morgan fingerprint density at radius 2 is 1.70 bits per heavy atom. The maximum atomic E-state index is 13.0. The Balaban J connectivity index is 2.26. The molecule has 3 rings (SSSR count). The molecule has 0 saturated carbocycles. The summed E-state index contributed by atoms with van der Waals surface area (Å²) in [5, 5.41) is 4.25. The van der Waals surface area contributed by atoms with Crippen molar-refractivity contribution >= 4 is 17.7 Å². The Kier molecular flexibility index (Phi) is 6.50. The molecule has 7 nitrogen and oxygen atoms in total. The van der Waals surface area contributed by atoms with Crippen molar-refractivity contribution in [3.8, 4) is 11.3 Å². The average Bonchev–Trinajstić information content (AvgIpc) is 3.09. The lowest BCUT2D eigenvalue weighted by atomic mass is 9.74. The number of aliphatic imine (C=N–C) groups is 1. The molecule has 1 aromatic carbocycles. The molecule has 2 aromatic rings. The Morgan fingerprint density at radius 3 is 2.33 bits per heavy atom. The normalized spacial score (nSPS) is 18.8. The number of hydrogen-bond acceptors (Lipinski definition) is 7. The molecule has 0 aliphatic carbocycles. The summed E-state index contributed by atoms with van der Waals surface area (Å²) in [5.74, 6) is -1.89. The van der Waals surface area contributed by atoms with E-state index in [1.54, 1.807) is 34.6 Å². The second-order valence-electron chi connectivity index (χ2n) is 7.05. The number of allylic oxidation sites excluding steroid dienone is 1. The summed E-state index contributed by atoms with van der Waals surface area (Å²) in [7, 11) is 0. The van der Waals surface area contributed by atoms with E-state index in [1.807, 2.05) is 30.3 Å². The SMILES string of the molecule is CCOC(=O)C1=C(C)N=C(C)C(C(=O)OCC)C1c1c(-c2ccccc2)noc1C. The zero-order valence-corrected chi connectivity index (χ0v) is 17.9. The van der Waals surface area contributed by atoms with Gasteiger partial charge in [-0.25, -0.2) is 4.79 Å². The minimum absolute atomic E-state index is 0.212. The Labute approximate surface area is 175 Å². The average molecular weight is 410 g/mol. The second-order valence-corrected chi connectivity index (χ2v) is 7.05. The number of esters is 2. The van der Waals surface area contributed by atoms with Crippen LogP contribution in [-0.4, -0.2) is 36.0 Å². The monoisotopic (exact) mass is 410 g/mol. The summed E-state index contributed by atoms with van der Waals surface area (Å²) >= 11 is 0. The summed E-state index contributed by atoms with van der Waals surface area (Å²) < 4.78 is 16.2. The number of aryl methyl sites for hydroxylation is 1. The van der Waals surface area contributed by atoms with Gasteiger partial charge in [0.25, 0.3) is 0 Å². The van der Waals surface area contributed by atoms with E-state index < -0.39 is 23.8 Å². The summed E-state index contributed by atoms with van der Waals surface area (Å²) in [4.78, 5) is 30.4. The molecule has 1 aliphatic rings. The first-order valence-corrected chi connectivity index (χ1v) is 10.0. The molecule has 0 bridgehead atoms. The lowest BCUT2D eigenvalue weighted by Crippen LogP contribution is -2.37. The number of rotatable bonds is 6. The topological polar surface area (TPSA) is 91.0 Å². The van der Waals surface area contributed by atoms with Gasteiger partial charge in [0.05, 0.1) is 18.8 Å². The third-order valence-electron chi connectivity index (χ3n) is 5.13. The fourth-order valence-corrected chi connectivity index (χ4v) is 3.91. The maximum Gasteiger partial charge on any atom is 0.336 e. The van der Waals surface area contributed by atoms with Crippen LogP contribution in [0.4, 0.5) is 0 Å². The number of aromatic nitrogens is 1. The minimum Gasteiger partial charge on any atom is -0.465 e. The van der Waals surface area contributed by atoms with E-state index in [1.165, 1.54) is 0 Å². The highest BCUT2D eigenvalue weighted by Crippen LogP contribution is 2.44. The molecule has 158 valence electrons. The van der Waals surface area contributed by atoms with Gasteiger partial charge in [0.1, 0.15) is 17.4 Å². The molecule has 7 heteroatoms. The number of carbonyl (C=O) groups excluding carboxylic acids is 2. The molecule has 0 amide bonds. The van der Waals surface area contributed by atoms with E-state index in [4.69, 9.17) is 14.0 Å². The molecule has 1 aromatic heterocycles. The Bertz CT molecular complexity index is 1000. The molecule has 30 heavy (non-hydrogen) atoms. The van der Waals surface area contributed by atoms with E-state index in [0.29, 0.717) is 34.0 Å². The maximum absolute atomic E-state index is 13.0. The first-order chi connectivity index (χ1) is 14.4. The third-order valence-corrected chi connectivity index (χ3v) is 5.13. The van der Waals surface area contributed by atoms with Gasteiger partial charge in [-0.15, -0.1) is 0 Å². The first-order valence-electron chi connectivity index (χ1n) is 10.0. The van der Waals surface area contributed by atoms with Crippen molar-refractivity contribution in [1.29, 1.82) is 0 Å². The second kappa shape index (κ2) is 9.07. The zero-order chi connectivity index (χ0) is 21.8. The molecule has 1 aliphatic heterocycles. The summed E-state index contributed by atoms with van der Waals surface area (Å²) in [5.41, 5.74) is 3.48. The van der Waals surface area contributed by atoms with Gasteiger partial charge in [0.2, 0.25) is 0 Å². The number of carbonyl (C=O) groups is 2. The fourth-order valence-electron chi connectivity index (χ4n) is 3.91. The van der Waals surface area contributed by atoms with Crippen LogP contribution in [0.3, 0.4) is 0 Å². The summed E-state index contributed by atoms with van der Waals surface area (Å²) in [6.07, 6.45) is 0. The molecule has 0 N–H and O–H groups in total. The molecule has 0 radical (unpaired) electrons. The van der Waals surface area contributed by atoms with Crippen LogP contribution < -0.4 is 0 Å². The quantitative estimate of drug-likeness (QED) is 0.662. The molecule has 2 heterocycles. The van der Waals surface area contributed by atoms with Crippen molar-refractivity contribution in [2.24, 2.45) is 10.9 Å². The minimum atomic E-state index is -0.784. The van der Waals surface area contributed by atoms with Gasteiger partial charge in [0.15, 0.2) is 0 Å². The van der Waals surface area contributed by atoms with Gasteiger partial charge >= 0.3 is 11.9 Å². The zero-order valence-electron chi connectivity index (χ0n) is 17.9. The van der Waals surface area contributed by atoms with Crippen LogP contribution in [0.15, 0.2) is 51.1 Å². The van der Waals surface area contributed by atoms with Crippen molar-refractivity contribution in [3.05, 3.63) is 52.9 Å². The Hall–Kier alpha value is -3.22. The number of benzene rings is 1. The van der Waals surface area contributed by atoms with Gasteiger partial charge in [-0.3, -0.25) is 9.79 Å². The molecule has 2 atom stereocenters. The van der Waals surface area contributed by atoms with E-state index >= 15 is 0 Å². The molecule has 0 spiro atoms. The molecule has 2 unspecified atom stereocenters. The Morgan fingerprint density at radius 1 is 1.03 bits per heavy atom. The van der Waals surface area contributed by atoms with Crippen molar-refractivity contribution in [2.75, 3.05) is 13.2 Å². The highest BCUT2D eigenvalue weighted by Gasteiger charge is 2.45. The number of nitrogens with zero attached hydrogens (tertiary/aromatic N) is 2. The fraction of sp³-hybridized carbons (Fsp3) is 0.391. The third kappa shape index (κ3) is 3.92. The van der Waals surface area contributed by atoms with Crippen molar-refractivity contribution in [1.82, 2.24) is 5.16 Å². The highest BCUT2D eigenvalue weighted by molar-refractivity contribution is 6.07. The van der Waals surface area contributed by atoms with E-state index in [-0.39, 0.29) is 13.2 Å². The standard InChI is InChI=1S/C23H26N2O5/c1-6-28-22(26)17-13(3)24-14(4)18(23(27)29-7-2)20(17)19-15(5)30-25-21(19)16-11-9-8-10-12-16/h8-12,17,20H,6-7H2,1-5H3. The summed E-state index contributed by atoms with van der Waals surface area (Å²) in [6, 6.07) is 9.51. The molecule has 0 fully saturated rings. The smallest absolute Gasteiger partial charge is 0.336 e. The summed E-state index contributed by atoms with van der Waals surface area (Å²) in [6.45, 7) is 9.21. The first kappa shape index (κ1) is 21.5. The molecule has 0 saturated heterocycles. The van der Waals surface area contributed by atoms with Gasteiger partial charge in [0, 0.05) is 28.5 Å². The van der Waals surface area contributed by atoms with Crippen LogP contribution in [0.1, 0.15) is 44.9 Å². The van der Waals surface area contributed by atoms with Gasteiger partial charge in [-0.2, -0.15) is 0 Å². The van der Waals surface area contributed by atoms with Crippen molar-refractivity contribution < 1.29 is 23.6 Å². The highest BCUT2D eigenvalue weighted by atomic mass is 16.5. The van der Waals surface area contributed by atoms with Crippen LogP contribution in [0.2, 0.25) is 0 Å². The van der Waals surface area contributed by atoms with Crippen LogP contribution in [0, 0.1) is 12.8 Å². The van der Waals surface area contributed by atoms with Crippen LogP contribution in [-0.2, 0) is 19.1 Å². The van der Waals surface area contributed by atoms with E-state index in [9.17, 15) is 9.59 Å². The lowest BCUT2D eigenvalue weighted by molar-refractivity contribution is -0.146. The lowest BCUT2D eigenvalue weighted by Gasteiger charge is -2.31. The van der Waals surface area contributed by atoms with Gasteiger partial charge in [-0.1, -0.05) is 35.5 Å². The van der Waals surface area contributed by atoms with Crippen LogP contribution >= 0.6 is 0 Å². The van der Waals surface area contributed by atoms with Crippen molar-refractivity contribution in [3.63, 3.8) is 0 Å². The van der Waals surface area contributed by atoms with Crippen LogP contribution in [0.25, 0.3) is 11.3 Å².